The lowest BCUT2D eigenvalue weighted by atomic mass is 10.2. The molecule has 0 atom stereocenters. The summed E-state index contributed by atoms with van der Waals surface area (Å²) >= 11 is 0. The van der Waals surface area contributed by atoms with Crippen molar-refractivity contribution < 1.29 is 28.5 Å². The van der Waals surface area contributed by atoms with Crippen LogP contribution in [0.1, 0.15) is 25.7 Å². The van der Waals surface area contributed by atoms with Crippen LogP contribution in [-0.4, -0.2) is 43.7 Å². The van der Waals surface area contributed by atoms with Gasteiger partial charge in [0.25, 0.3) is 0 Å². The molecule has 1 spiro atoms. The van der Waals surface area contributed by atoms with Crippen molar-refractivity contribution in [2.45, 2.75) is 37.6 Å². The molecule has 2 aliphatic rings. The molecule has 0 radical (unpaired) electrons. The highest BCUT2D eigenvalue weighted by Gasteiger charge is 2.41. The summed E-state index contributed by atoms with van der Waals surface area (Å²) in [6.07, 6.45) is 4.53. The number of carbonyl (C=O) groups excluding carboxylic acids is 2. The Morgan fingerprint density at radius 1 is 1.26 bits per heavy atom. The first kappa shape index (κ1) is 14.0. The van der Waals surface area contributed by atoms with Gasteiger partial charge in [-0.05, 0) is 12.8 Å². The van der Waals surface area contributed by atoms with Crippen molar-refractivity contribution in [3.63, 3.8) is 0 Å². The van der Waals surface area contributed by atoms with Crippen molar-refractivity contribution in [2.24, 2.45) is 0 Å². The van der Waals surface area contributed by atoms with Crippen molar-refractivity contribution >= 4 is 11.9 Å². The second-order valence-electron chi connectivity index (χ2n) is 4.66. The topological polar surface area (TPSA) is 71.1 Å². The van der Waals surface area contributed by atoms with E-state index < -0.39 is 30.4 Å². The van der Waals surface area contributed by atoms with E-state index in [-0.39, 0.29) is 0 Å². The van der Waals surface area contributed by atoms with Crippen LogP contribution in [0.15, 0.2) is 12.7 Å². The molecule has 1 heterocycles. The number of hydrogen-bond acceptors (Lipinski definition) is 6. The van der Waals surface area contributed by atoms with Gasteiger partial charge in [0, 0.05) is 18.9 Å². The van der Waals surface area contributed by atoms with Gasteiger partial charge >= 0.3 is 11.9 Å². The Morgan fingerprint density at radius 3 is 2.47 bits per heavy atom. The third-order valence-corrected chi connectivity index (χ3v) is 3.23. The van der Waals surface area contributed by atoms with Gasteiger partial charge in [-0.1, -0.05) is 6.58 Å². The molecule has 0 aromatic rings. The van der Waals surface area contributed by atoms with Gasteiger partial charge in [0.2, 0.25) is 0 Å². The minimum absolute atomic E-state index is 0.321. The fourth-order valence-corrected chi connectivity index (χ4v) is 2.26. The Kier molecular flexibility index (Phi) is 4.55. The largest absolute Gasteiger partial charge is 0.455 e. The van der Waals surface area contributed by atoms with Crippen LogP contribution in [0.2, 0.25) is 0 Å². The van der Waals surface area contributed by atoms with Crippen molar-refractivity contribution in [1.82, 2.24) is 0 Å². The van der Waals surface area contributed by atoms with Crippen molar-refractivity contribution in [3.8, 4) is 0 Å². The van der Waals surface area contributed by atoms with Crippen LogP contribution in [0.4, 0.5) is 0 Å². The standard InChI is InChI=1S/C13H18O6/c1-2-11(14)16-9-12(15)19-10-7-17-13(18-8-10)5-3-4-6-13/h2,10H,1,3-9H2. The highest BCUT2D eigenvalue weighted by Crippen LogP contribution is 2.36. The SMILES string of the molecule is C=CC(=O)OCC(=O)OC1COC2(CCCC2)OC1. The predicted octanol–water partition coefficient (Wildman–Crippen LogP) is 0.944. The highest BCUT2D eigenvalue weighted by atomic mass is 16.7. The molecular formula is C13H18O6. The van der Waals surface area contributed by atoms with Crippen molar-refractivity contribution in [3.05, 3.63) is 12.7 Å². The van der Waals surface area contributed by atoms with E-state index in [1.54, 1.807) is 0 Å². The highest BCUT2D eigenvalue weighted by molar-refractivity contribution is 5.83. The van der Waals surface area contributed by atoms with E-state index in [1.807, 2.05) is 0 Å². The predicted molar refractivity (Wildman–Crippen MR) is 64.1 cm³/mol. The molecule has 1 aliphatic carbocycles. The molecular weight excluding hydrogens is 252 g/mol. The first-order valence-electron chi connectivity index (χ1n) is 6.40. The minimum Gasteiger partial charge on any atom is -0.455 e. The van der Waals surface area contributed by atoms with E-state index >= 15 is 0 Å². The third-order valence-electron chi connectivity index (χ3n) is 3.23. The Bertz CT molecular complexity index is 348. The van der Waals surface area contributed by atoms with E-state index in [1.165, 1.54) is 0 Å². The first-order valence-corrected chi connectivity index (χ1v) is 6.40. The molecule has 0 amide bonds. The van der Waals surface area contributed by atoms with Gasteiger partial charge in [0.1, 0.15) is 6.10 Å². The summed E-state index contributed by atoms with van der Waals surface area (Å²) in [5.41, 5.74) is 0. The van der Waals surface area contributed by atoms with Gasteiger partial charge in [-0.15, -0.1) is 0 Å². The maximum atomic E-state index is 11.4. The zero-order chi connectivity index (χ0) is 13.7. The zero-order valence-corrected chi connectivity index (χ0v) is 10.8. The number of hydrogen-bond donors (Lipinski definition) is 0. The average molecular weight is 270 g/mol. The summed E-state index contributed by atoms with van der Waals surface area (Å²) in [5, 5.41) is 0. The Labute approximate surface area is 111 Å². The van der Waals surface area contributed by atoms with Gasteiger partial charge in [0.05, 0.1) is 13.2 Å². The minimum atomic E-state index is -0.655. The Hall–Kier alpha value is -1.40. The third kappa shape index (κ3) is 3.78. The van der Waals surface area contributed by atoms with Gasteiger partial charge in [-0.25, -0.2) is 9.59 Å². The molecule has 1 saturated carbocycles. The molecule has 2 fully saturated rings. The summed E-state index contributed by atoms with van der Waals surface area (Å²) in [5.74, 6) is -1.73. The summed E-state index contributed by atoms with van der Waals surface area (Å²) in [4.78, 5) is 22.2. The van der Waals surface area contributed by atoms with Crippen molar-refractivity contribution in [1.29, 1.82) is 0 Å². The smallest absolute Gasteiger partial charge is 0.344 e. The number of rotatable bonds is 4. The van der Waals surface area contributed by atoms with Crippen molar-refractivity contribution in [2.75, 3.05) is 19.8 Å². The van der Waals surface area contributed by atoms with Crippen LogP contribution >= 0.6 is 0 Å². The van der Waals surface area contributed by atoms with Gasteiger partial charge in [-0.2, -0.15) is 0 Å². The van der Waals surface area contributed by atoms with Crippen LogP contribution in [0.25, 0.3) is 0 Å². The lowest BCUT2D eigenvalue weighted by molar-refractivity contribution is -0.290. The van der Waals surface area contributed by atoms with E-state index in [9.17, 15) is 9.59 Å². The van der Waals surface area contributed by atoms with Crippen LogP contribution in [0.5, 0.6) is 0 Å². The number of carbonyl (C=O) groups is 2. The lowest BCUT2D eigenvalue weighted by Gasteiger charge is -2.37. The normalized spacial score (nSPS) is 22.1. The summed E-state index contributed by atoms with van der Waals surface area (Å²) in [7, 11) is 0. The van der Waals surface area contributed by atoms with E-state index in [4.69, 9.17) is 14.2 Å². The van der Waals surface area contributed by atoms with E-state index in [0.717, 1.165) is 31.8 Å². The molecule has 6 heteroatoms. The zero-order valence-electron chi connectivity index (χ0n) is 10.8. The monoisotopic (exact) mass is 270 g/mol. The summed E-state index contributed by atoms with van der Waals surface area (Å²) in [6, 6.07) is 0. The molecule has 106 valence electrons. The number of ether oxygens (including phenoxy) is 4. The van der Waals surface area contributed by atoms with Gasteiger partial charge < -0.3 is 18.9 Å². The van der Waals surface area contributed by atoms with Gasteiger partial charge in [0.15, 0.2) is 12.4 Å². The molecule has 0 bridgehead atoms. The summed E-state index contributed by atoms with van der Waals surface area (Å²) in [6.45, 7) is 3.45. The molecule has 0 unspecified atom stereocenters. The van der Waals surface area contributed by atoms with Gasteiger partial charge in [-0.3, -0.25) is 0 Å². The Balaban J connectivity index is 1.68. The van der Waals surface area contributed by atoms with E-state index in [0.29, 0.717) is 13.2 Å². The molecule has 0 aromatic heterocycles. The molecule has 1 aliphatic heterocycles. The maximum Gasteiger partial charge on any atom is 0.344 e. The van der Waals surface area contributed by atoms with Crippen LogP contribution in [-0.2, 0) is 28.5 Å². The lowest BCUT2D eigenvalue weighted by Crippen LogP contribution is -2.46. The second kappa shape index (κ2) is 6.16. The first-order chi connectivity index (χ1) is 9.13. The fraction of sp³-hybridized carbons (Fsp3) is 0.692. The maximum absolute atomic E-state index is 11.4. The van der Waals surface area contributed by atoms with Crippen LogP contribution in [0, 0.1) is 0 Å². The average Bonchev–Trinajstić information content (AvgIpc) is 2.87. The summed E-state index contributed by atoms with van der Waals surface area (Å²) < 4.78 is 21.0. The van der Waals surface area contributed by atoms with Crippen LogP contribution < -0.4 is 0 Å². The van der Waals surface area contributed by atoms with E-state index in [2.05, 4.69) is 11.3 Å². The Morgan fingerprint density at radius 2 is 1.89 bits per heavy atom. The molecule has 6 nitrogen and oxygen atoms in total. The molecule has 0 N–H and O–H groups in total. The van der Waals surface area contributed by atoms with Crippen LogP contribution in [0.3, 0.4) is 0 Å². The quantitative estimate of drug-likeness (QED) is 0.559. The molecule has 0 aromatic carbocycles. The molecule has 2 rings (SSSR count). The molecule has 19 heavy (non-hydrogen) atoms. The molecule has 1 saturated heterocycles. The second-order valence-corrected chi connectivity index (χ2v) is 4.66. The fourth-order valence-electron chi connectivity index (χ4n) is 2.26. The number of esters is 2.